The number of allylic oxidation sites excluding steroid dienone is 1. The highest BCUT2D eigenvalue weighted by atomic mass is 32.2. The summed E-state index contributed by atoms with van der Waals surface area (Å²) in [5, 5.41) is 8.96. The number of amides is 1. The number of benzene rings is 1. The van der Waals surface area contributed by atoms with Crippen molar-refractivity contribution in [2.45, 2.75) is 44.1 Å². The van der Waals surface area contributed by atoms with Gasteiger partial charge in [-0.05, 0) is 50.1 Å². The highest BCUT2D eigenvalue weighted by molar-refractivity contribution is 8.00. The second kappa shape index (κ2) is 8.55. The zero-order valence-electron chi connectivity index (χ0n) is 17.8. The summed E-state index contributed by atoms with van der Waals surface area (Å²) < 4.78 is 7.34. The Morgan fingerprint density at radius 2 is 2.13 bits per heavy atom. The summed E-state index contributed by atoms with van der Waals surface area (Å²) in [5.41, 5.74) is 3.44. The van der Waals surface area contributed by atoms with Crippen molar-refractivity contribution in [2.75, 3.05) is 11.4 Å². The smallest absolute Gasteiger partial charge is 0.223 e. The predicted molar refractivity (Wildman–Crippen MR) is 120 cm³/mol. The first-order valence-corrected chi connectivity index (χ1v) is 11.0. The van der Waals surface area contributed by atoms with Crippen molar-refractivity contribution in [1.29, 1.82) is 0 Å². The van der Waals surface area contributed by atoms with E-state index in [2.05, 4.69) is 16.8 Å². The molecule has 8 heteroatoms. The summed E-state index contributed by atoms with van der Waals surface area (Å²) in [6, 6.07) is 7.44. The molecule has 0 spiro atoms. The molecule has 4 rings (SSSR count). The van der Waals surface area contributed by atoms with Crippen LogP contribution in [-0.2, 0) is 17.8 Å². The van der Waals surface area contributed by atoms with Gasteiger partial charge in [-0.15, -0.1) is 16.8 Å². The molecule has 1 aliphatic rings. The van der Waals surface area contributed by atoms with Gasteiger partial charge in [0.25, 0.3) is 0 Å². The maximum atomic E-state index is 13.1. The number of furan rings is 1. The zero-order valence-corrected chi connectivity index (χ0v) is 18.6. The number of rotatable bonds is 7. The van der Waals surface area contributed by atoms with E-state index in [1.807, 2.05) is 36.6 Å². The van der Waals surface area contributed by atoms with Crippen molar-refractivity contribution in [1.82, 2.24) is 14.8 Å². The third-order valence-electron chi connectivity index (χ3n) is 5.42. The molecule has 0 aliphatic carbocycles. The Morgan fingerprint density at radius 3 is 2.81 bits per heavy atom. The van der Waals surface area contributed by atoms with E-state index in [-0.39, 0.29) is 16.9 Å². The number of hydrogen-bond acceptors (Lipinski definition) is 6. The lowest BCUT2D eigenvalue weighted by Crippen LogP contribution is -2.25. The number of Topliss-reactive ketones (excluding diaryl/α,β-unsaturated/α-hetero) is 1. The molecule has 1 amide bonds. The van der Waals surface area contributed by atoms with Crippen molar-refractivity contribution in [3.8, 4) is 11.4 Å². The third kappa shape index (κ3) is 3.95. The maximum absolute atomic E-state index is 13.1. The number of anilines is 1. The summed E-state index contributed by atoms with van der Waals surface area (Å²) in [4.78, 5) is 26.6. The van der Waals surface area contributed by atoms with E-state index in [9.17, 15) is 9.59 Å². The SMILES string of the molecule is C=CCn1c(SC(C)C(=O)c2ccc3c(c2)CCN3C(C)=O)nnc1-c1ccoc1C. The number of thioether (sulfide) groups is 1. The van der Waals surface area contributed by atoms with Crippen LogP contribution >= 0.6 is 11.8 Å². The highest BCUT2D eigenvalue weighted by Gasteiger charge is 2.26. The average molecular weight is 437 g/mol. The lowest BCUT2D eigenvalue weighted by Gasteiger charge is -2.15. The molecule has 3 aromatic rings. The Hall–Kier alpha value is -3.13. The molecule has 0 fully saturated rings. The molecular weight excluding hydrogens is 412 g/mol. The predicted octanol–water partition coefficient (Wildman–Crippen LogP) is 4.31. The molecule has 1 aliphatic heterocycles. The van der Waals surface area contributed by atoms with Gasteiger partial charge in [-0.1, -0.05) is 17.8 Å². The van der Waals surface area contributed by atoms with Gasteiger partial charge in [0.05, 0.1) is 17.1 Å². The Morgan fingerprint density at radius 1 is 1.32 bits per heavy atom. The van der Waals surface area contributed by atoms with Gasteiger partial charge < -0.3 is 9.32 Å². The van der Waals surface area contributed by atoms with E-state index >= 15 is 0 Å². The molecule has 160 valence electrons. The van der Waals surface area contributed by atoms with Crippen LogP contribution in [-0.4, -0.2) is 38.2 Å². The first kappa shape index (κ1) is 21.1. The number of aryl methyl sites for hydroxylation is 1. The molecule has 1 aromatic carbocycles. The Bertz CT molecular complexity index is 1160. The van der Waals surface area contributed by atoms with E-state index in [1.165, 1.54) is 11.8 Å². The van der Waals surface area contributed by atoms with Crippen molar-refractivity contribution in [3.63, 3.8) is 0 Å². The molecule has 0 N–H and O–H groups in total. The first-order chi connectivity index (χ1) is 14.9. The molecule has 7 nitrogen and oxygen atoms in total. The van der Waals surface area contributed by atoms with Crippen molar-refractivity contribution >= 4 is 29.1 Å². The normalized spacial score (nSPS) is 13.8. The summed E-state index contributed by atoms with van der Waals surface area (Å²) >= 11 is 1.37. The Labute approximate surface area is 185 Å². The fourth-order valence-corrected chi connectivity index (χ4v) is 4.75. The van der Waals surface area contributed by atoms with E-state index < -0.39 is 0 Å². The van der Waals surface area contributed by atoms with Crippen LogP contribution in [0.1, 0.15) is 35.5 Å². The molecule has 0 bridgehead atoms. The molecule has 1 atom stereocenters. The minimum atomic E-state index is -0.352. The summed E-state index contributed by atoms with van der Waals surface area (Å²) in [5.74, 6) is 1.49. The lowest BCUT2D eigenvalue weighted by molar-refractivity contribution is -0.116. The van der Waals surface area contributed by atoms with Crippen LogP contribution < -0.4 is 4.90 Å². The van der Waals surface area contributed by atoms with Gasteiger partial charge in [-0.2, -0.15) is 0 Å². The van der Waals surface area contributed by atoms with Gasteiger partial charge in [-0.25, -0.2) is 0 Å². The van der Waals surface area contributed by atoms with Crippen molar-refractivity contribution in [3.05, 3.63) is 60.1 Å². The third-order valence-corrected chi connectivity index (χ3v) is 6.50. The largest absolute Gasteiger partial charge is 0.469 e. The topological polar surface area (TPSA) is 81.2 Å². The molecule has 1 unspecified atom stereocenters. The Balaban J connectivity index is 1.56. The van der Waals surface area contributed by atoms with Crippen LogP contribution in [0.3, 0.4) is 0 Å². The van der Waals surface area contributed by atoms with E-state index in [4.69, 9.17) is 4.42 Å². The van der Waals surface area contributed by atoms with Crippen molar-refractivity contribution < 1.29 is 14.0 Å². The minimum absolute atomic E-state index is 0.0169. The van der Waals surface area contributed by atoms with E-state index in [1.54, 1.807) is 30.2 Å². The fraction of sp³-hybridized carbons (Fsp3) is 0.304. The summed E-state index contributed by atoms with van der Waals surface area (Å²) in [7, 11) is 0. The molecule has 0 radical (unpaired) electrons. The number of hydrogen-bond donors (Lipinski definition) is 0. The number of aromatic nitrogens is 3. The van der Waals surface area contributed by atoms with Crippen LogP contribution in [0.5, 0.6) is 0 Å². The van der Waals surface area contributed by atoms with Crippen molar-refractivity contribution in [2.24, 2.45) is 0 Å². The number of carbonyl (C=O) groups excluding carboxylic acids is 2. The van der Waals surface area contributed by atoms with Crippen LogP contribution in [0.2, 0.25) is 0 Å². The van der Waals surface area contributed by atoms with Gasteiger partial charge in [-0.3, -0.25) is 14.2 Å². The van der Waals surface area contributed by atoms with Gasteiger partial charge in [0.1, 0.15) is 5.76 Å². The monoisotopic (exact) mass is 436 g/mol. The summed E-state index contributed by atoms with van der Waals surface area (Å²) in [6.07, 6.45) is 4.16. The van der Waals surface area contributed by atoms with Crippen LogP contribution in [0.4, 0.5) is 5.69 Å². The number of ketones is 1. The molecule has 0 saturated carbocycles. The maximum Gasteiger partial charge on any atom is 0.223 e. The van der Waals surface area contributed by atoms with E-state index in [0.29, 0.717) is 29.6 Å². The minimum Gasteiger partial charge on any atom is -0.469 e. The number of fused-ring (bicyclic) bond motifs is 1. The van der Waals surface area contributed by atoms with Crippen LogP contribution in [0.25, 0.3) is 11.4 Å². The molecule has 2 aromatic heterocycles. The number of nitrogens with zero attached hydrogens (tertiary/aromatic N) is 4. The molecule has 3 heterocycles. The first-order valence-electron chi connectivity index (χ1n) is 10.1. The van der Waals surface area contributed by atoms with Gasteiger partial charge in [0, 0.05) is 31.3 Å². The van der Waals surface area contributed by atoms with Gasteiger partial charge >= 0.3 is 0 Å². The Kier molecular flexibility index (Phi) is 5.82. The van der Waals surface area contributed by atoms with Crippen LogP contribution in [0, 0.1) is 6.92 Å². The van der Waals surface area contributed by atoms with Gasteiger partial charge in [0.2, 0.25) is 5.91 Å². The lowest BCUT2D eigenvalue weighted by atomic mass is 10.0. The standard InChI is InChI=1S/C23H24N4O3S/c1-5-10-27-22(19-9-12-30-14(19)2)24-25-23(27)31-15(3)21(29)18-6-7-20-17(13-18)8-11-26(20)16(4)28/h5-7,9,12-13,15H,1,8,10-11H2,2-4H3. The quantitative estimate of drug-likeness (QED) is 0.312. The summed E-state index contributed by atoms with van der Waals surface area (Å²) in [6.45, 7) is 10.3. The number of carbonyl (C=O) groups is 2. The second-order valence-electron chi connectivity index (χ2n) is 7.48. The average Bonchev–Trinajstić information content (AvgIpc) is 3.46. The molecular formula is C23H24N4O3S. The molecule has 0 saturated heterocycles. The second-order valence-corrected chi connectivity index (χ2v) is 8.79. The molecule has 31 heavy (non-hydrogen) atoms. The van der Waals surface area contributed by atoms with E-state index in [0.717, 1.165) is 29.0 Å². The fourth-order valence-electron chi connectivity index (χ4n) is 3.81. The van der Waals surface area contributed by atoms with Crippen LogP contribution in [0.15, 0.2) is 52.8 Å². The zero-order chi connectivity index (χ0) is 22.1. The highest BCUT2D eigenvalue weighted by Crippen LogP contribution is 2.32. The van der Waals surface area contributed by atoms with Gasteiger partial charge in [0.15, 0.2) is 16.8 Å².